The number of rotatable bonds is 9. The summed E-state index contributed by atoms with van der Waals surface area (Å²) in [5, 5.41) is 3.43. The molecule has 1 rings (SSSR count). The van der Waals surface area contributed by atoms with E-state index in [0.29, 0.717) is 13.2 Å². The molecule has 1 saturated heterocycles. The first kappa shape index (κ1) is 14.9. The van der Waals surface area contributed by atoms with Crippen molar-refractivity contribution in [1.29, 1.82) is 0 Å². The molecule has 4 heteroatoms. The largest absolute Gasteiger partial charge is 0.374 e. The normalized spacial score (nSPS) is 24.7. The molecule has 0 amide bonds. The van der Waals surface area contributed by atoms with E-state index in [4.69, 9.17) is 14.2 Å². The summed E-state index contributed by atoms with van der Waals surface area (Å²) in [6.45, 7) is 10.3. The Hall–Kier alpha value is -0.160. The second-order valence-electron chi connectivity index (χ2n) is 4.71. The zero-order valence-electron chi connectivity index (χ0n) is 11.5. The quantitative estimate of drug-likeness (QED) is 0.498. The van der Waals surface area contributed by atoms with E-state index in [9.17, 15) is 0 Å². The van der Waals surface area contributed by atoms with Crippen LogP contribution in [0.25, 0.3) is 0 Å². The van der Waals surface area contributed by atoms with Crippen LogP contribution in [0, 0.1) is 0 Å². The predicted octanol–water partition coefficient (Wildman–Crippen LogP) is 1.93. The van der Waals surface area contributed by atoms with Crippen molar-refractivity contribution in [2.24, 2.45) is 0 Å². The molecule has 0 aromatic heterocycles. The van der Waals surface area contributed by atoms with Gasteiger partial charge in [0.25, 0.3) is 0 Å². The Kier molecular flexibility index (Phi) is 7.04. The van der Waals surface area contributed by atoms with Gasteiger partial charge >= 0.3 is 0 Å². The molecule has 102 valence electrons. The van der Waals surface area contributed by atoms with E-state index in [-0.39, 0.29) is 11.9 Å². The maximum Gasteiger partial charge on any atom is 0.158 e. The van der Waals surface area contributed by atoms with Gasteiger partial charge in [0.05, 0.1) is 5.60 Å². The lowest BCUT2D eigenvalue weighted by molar-refractivity contribution is -0.139. The van der Waals surface area contributed by atoms with Crippen molar-refractivity contribution in [2.75, 3.05) is 32.9 Å². The first-order valence-electron chi connectivity index (χ1n) is 6.78. The van der Waals surface area contributed by atoms with Gasteiger partial charge in [-0.15, -0.1) is 0 Å². The molecule has 1 heterocycles. The molecule has 4 nitrogen and oxygen atoms in total. The number of hydrogen-bond donors (Lipinski definition) is 1. The summed E-state index contributed by atoms with van der Waals surface area (Å²) < 4.78 is 16.7. The first-order chi connectivity index (χ1) is 8.20. The maximum absolute atomic E-state index is 5.72. The van der Waals surface area contributed by atoms with Crippen molar-refractivity contribution in [1.82, 2.24) is 5.32 Å². The highest BCUT2D eigenvalue weighted by atomic mass is 16.7. The Labute approximate surface area is 105 Å². The highest BCUT2D eigenvalue weighted by molar-refractivity contribution is 4.82. The molecule has 0 aromatic rings. The van der Waals surface area contributed by atoms with Gasteiger partial charge in [0.15, 0.2) is 6.29 Å². The van der Waals surface area contributed by atoms with Crippen molar-refractivity contribution in [3.8, 4) is 0 Å². The monoisotopic (exact) mass is 245 g/mol. The molecule has 0 aromatic carbocycles. The third kappa shape index (κ3) is 5.82. The minimum Gasteiger partial charge on any atom is -0.374 e. The van der Waals surface area contributed by atoms with Crippen LogP contribution in [-0.4, -0.2) is 44.8 Å². The van der Waals surface area contributed by atoms with E-state index in [0.717, 1.165) is 32.5 Å². The Morgan fingerprint density at radius 1 is 1.29 bits per heavy atom. The Bertz CT molecular complexity index is 187. The van der Waals surface area contributed by atoms with Crippen LogP contribution in [0.4, 0.5) is 0 Å². The summed E-state index contributed by atoms with van der Waals surface area (Å²) in [4.78, 5) is 0. The van der Waals surface area contributed by atoms with Gasteiger partial charge in [0, 0.05) is 39.3 Å². The lowest BCUT2D eigenvalue weighted by Crippen LogP contribution is -2.38. The van der Waals surface area contributed by atoms with Crippen LogP contribution in [-0.2, 0) is 14.2 Å². The summed E-state index contributed by atoms with van der Waals surface area (Å²) in [5.41, 5.74) is 0.0344. The number of nitrogens with one attached hydrogen (secondary N) is 1. The molecule has 1 aliphatic heterocycles. The van der Waals surface area contributed by atoms with Gasteiger partial charge in [-0.2, -0.15) is 0 Å². The molecule has 1 unspecified atom stereocenters. The lowest BCUT2D eigenvalue weighted by Gasteiger charge is -2.24. The van der Waals surface area contributed by atoms with Crippen molar-refractivity contribution < 1.29 is 14.2 Å². The Morgan fingerprint density at radius 3 is 2.53 bits per heavy atom. The van der Waals surface area contributed by atoms with Crippen LogP contribution in [0.5, 0.6) is 0 Å². The smallest absolute Gasteiger partial charge is 0.158 e. The molecule has 0 radical (unpaired) electrons. The van der Waals surface area contributed by atoms with Gasteiger partial charge < -0.3 is 19.5 Å². The van der Waals surface area contributed by atoms with Crippen LogP contribution < -0.4 is 5.32 Å². The minimum atomic E-state index is -0.0743. The summed E-state index contributed by atoms with van der Waals surface area (Å²) >= 11 is 0. The molecule has 1 fully saturated rings. The van der Waals surface area contributed by atoms with Crippen LogP contribution in [0.1, 0.15) is 40.0 Å². The first-order valence-corrected chi connectivity index (χ1v) is 6.78. The van der Waals surface area contributed by atoms with E-state index in [1.165, 1.54) is 6.42 Å². The fourth-order valence-electron chi connectivity index (χ4n) is 2.14. The highest BCUT2D eigenvalue weighted by Crippen LogP contribution is 2.23. The second kappa shape index (κ2) is 8.03. The van der Waals surface area contributed by atoms with Gasteiger partial charge in [-0.1, -0.05) is 0 Å². The zero-order chi connectivity index (χ0) is 12.6. The predicted molar refractivity (Wildman–Crippen MR) is 68.1 cm³/mol. The molecule has 0 saturated carbocycles. The molecule has 0 aliphatic carbocycles. The third-order valence-electron chi connectivity index (χ3n) is 3.06. The van der Waals surface area contributed by atoms with Crippen LogP contribution >= 0.6 is 0 Å². The maximum atomic E-state index is 5.72. The Balaban J connectivity index is 2.08. The SMILES string of the molecule is CCOC(CCNCC1(C)CCCO1)OCC. The minimum absolute atomic E-state index is 0.0344. The molecule has 17 heavy (non-hydrogen) atoms. The fourth-order valence-corrected chi connectivity index (χ4v) is 2.14. The summed E-state index contributed by atoms with van der Waals surface area (Å²) in [7, 11) is 0. The summed E-state index contributed by atoms with van der Waals surface area (Å²) in [5.74, 6) is 0. The van der Waals surface area contributed by atoms with E-state index >= 15 is 0 Å². The van der Waals surface area contributed by atoms with E-state index in [2.05, 4.69) is 12.2 Å². The van der Waals surface area contributed by atoms with Crippen molar-refractivity contribution in [3.05, 3.63) is 0 Å². The van der Waals surface area contributed by atoms with Gasteiger partial charge in [-0.25, -0.2) is 0 Å². The van der Waals surface area contributed by atoms with Gasteiger partial charge in [-0.05, 0) is 33.6 Å². The van der Waals surface area contributed by atoms with Crippen LogP contribution in [0.15, 0.2) is 0 Å². The van der Waals surface area contributed by atoms with Crippen molar-refractivity contribution in [2.45, 2.75) is 51.9 Å². The summed E-state index contributed by atoms with van der Waals surface area (Å²) in [6, 6.07) is 0. The molecule has 1 aliphatic rings. The average molecular weight is 245 g/mol. The lowest BCUT2D eigenvalue weighted by atomic mass is 10.0. The molecular weight excluding hydrogens is 218 g/mol. The third-order valence-corrected chi connectivity index (χ3v) is 3.06. The standard InChI is InChI=1S/C13H27NO3/c1-4-15-12(16-5-2)7-9-14-11-13(3)8-6-10-17-13/h12,14H,4-11H2,1-3H3. The number of hydrogen-bond acceptors (Lipinski definition) is 4. The van der Waals surface area contributed by atoms with E-state index in [1.54, 1.807) is 0 Å². The Morgan fingerprint density at radius 2 is 2.00 bits per heavy atom. The second-order valence-corrected chi connectivity index (χ2v) is 4.71. The number of ether oxygens (including phenoxy) is 3. The summed E-state index contributed by atoms with van der Waals surface area (Å²) in [6.07, 6.45) is 3.14. The fraction of sp³-hybridized carbons (Fsp3) is 1.00. The van der Waals surface area contributed by atoms with E-state index in [1.807, 2.05) is 13.8 Å². The van der Waals surface area contributed by atoms with Crippen LogP contribution in [0.3, 0.4) is 0 Å². The van der Waals surface area contributed by atoms with Crippen LogP contribution in [0.2, 0.25) is 0 Å². The molecule has 1 atom stereocenters. The molecule has 0 spiro atoms. The van der Waals surface area contributed by atoms with Gasteiger partial charge in [0.1, 0.15) is 0 Å². The van der Waals surface area contributed by atoms with Crippen molar-refractivity contribution >= 4 is 0 Å². The zero-order valence-corrected chi connectivity index (χ0v) is 11.5. The molecule has 1 N–H and O–H groups in total. The highest BCUT2D eigenvalue weighted by Gasteiger charge is 2.28. The average Bonchev–Trinajstić information content (AvgIpc) is 2.72. The molecule has 0 bridgehead atoms. The van der Waals surface area contributed by atoms with Gasteiger partial charge in [0.2, 0.25) is 0 Å². The van der Waals surface area contributed by atoms with Crippen molar-refractivity contribution in [3.63, 3.8) is 0 Å². The van der Waals surface area contributed by atoms with Gasteiger partial charge in [-0.3, -0.25) is 0 Å². The van der Waals surface area contributed by atoms with E-state index < -0.39 is 0 Å². The topological polar surface area (TPSA) is 39.7 Å². The molecular formula is C13H27NO3.